The highest BCUT2D eigenvalue weighted by molar-refractivity contribution is 7.99. The Balaban J connectivity index is 1.66. The van der Waals surface area contributed by atoms with Crippen LogP contribution in [0.15, 0.2) is 59.8 Å². The SMILES string of the molecule is COc1ccc(-c2nnc(SCC(=O)N(Cc3ccccc3)C(C)C)n2C)cc1. The minimum absolute atomic E-state index is 0.0860. The second-order valence-electron chi connectivity index (χ2n) is 6.98. The third kappa shape index (κ3) is 5.17. The predicted octanol–water partition coefficient (Wildman–Crippen LogP) is 4.02. The molecular weight excluding hydrogens is 384 g/mol. The van der Waals surface area contributed by atoms with Crippen LogP contribution in [0.2, 0.25) is 0 Å². The molecule has 6 nitrogen and oxygen atoms in total. The monoisotopic (exact) mass is 410 g/mol. The second-order valence-corrected chi connectivity index (χ2v) is 7.93. The van der Waals surface area contributed by atoms with Gasteiger partial charge in [-0.2, -0.15) is 0 Å². The maximum Gasteiger partial charge on any atom is 0.233 e. The molecule has 0 aliphatic heterocycles. The molecule has 0 atom stereocenters. The van der Waals surface area contributed by atoms with Gasteiger partial charge in [-0.15, -0.1) is 10.2 Å². The first-order valence-corrected chi connectivity index (χ1v) is 10.5. The number of aromatic nitrogens is 3. The third-order valence-corrected chi connectivity index (χ3v) is 5.65. The second kappa shape index (κ2) is 9.60. The average Bonchev–Trinajstić information content (AvgIpc) is 3.11. The number of hydrogen-bond acceptors (Lipinski definition) is 5. The Morgan fingerprint density at radius 1 is 1.10 bits per heavy atom. The predicted molar refractivity (Wildman–Crippen MR) is 116 cm³/mol. The molecule has 1 aromatic heterocycles. The van der Waals surface area contributed by atoms with Crippen LogP contribution in [0.3, 0.4) is 0 Å². The van der Waals surface area contributed by atoms with Crippen LogP contribution in [0.5, 0.6) is 5.75 Å². The smallest absolute Gasteiger partial charge is 0.233 e. The summed E-state index contributed by atoms with van der Waals surface area (Å²) in [7, 11) is 3.55. The molecule has 1 amide bonds. The Morgan fingerprint density at radius 2 is 1.79 bits per heavy atom. The summed E-state index contributed by atoms with van der Waals surface area (Å²) in [5, 5.41) is 9.28. The summed E-state index contributed by atoms with van der Waals surface area (Å²) in [5.74, 6) is 1.96. The van der Waals surface area contributed by atoms with Gasteiger partial charge in [0.05, 0.1) is 12.9 Å². The molecule has 3 aromatic rings. The van der Waals surface area contributed by atoms with Gasteiger partial charge in [0.15, 0.2) is 11.0 Å². The normalized spacial score (nSPS) is 10.9. The number of thioether (sulfide) groups is 1. The fourth-order valence-electron chi connectivity index (χ4n) is 2.98. The molecule has 0 saturated carbocycles. The molecule has 0 spiro atoms. The van der Waals surface area contributed by atoms with Crippen molar-refractivity contribution in [2.75, 3.05) is 12.9 Å². The van der Waals surface area contributed by atoms with Gasteiger partial charge in [0.25, 0.3) is 0 Å². The summed E-state index contributed by atoms with van der Waals surface area (Å²) >= 11 is 1.41. The Hall–Kier alpha value is -2.80. The fourth-order valence-corrected chi connectivity index (χ4v) is 3.78. The van der Waals surface area contributed by atoms with Crippen molar-refractivity contribution < 1.29 is 9.53 Å². The van der Waals surface area contributed by atoms with Gasteiger partial charge in [-0.1, -0.05) is 42.1 Å². The lowest BCUT2D eigenvalue weighted by Gasteiger charge is -2.26. The Bertz CT molecular complexity index is 939. The highest BCUT2D eigenvalue weighted by atomic mass is 32.2. The molecule has 0 N–H and O–H groups in total. The van der Waals surface area contributed by atoms with E-state index in [0.29, 0.717) is 17.5 Å². The molecule has 29 heavy (non-hydrogen) atoms. The van der Waals surface area contributed by atoms with E-state index in [1.54, 1.807) is 7.11 Å². The summed E-state index contributed by atoms with van der Waals surface area (Å²) < 4.78 is 7.11. The first-order chi connectivity index (χ1) is 14.0. The van der Waals surface area contributed by atoms with E-state index in [0.717, 1.165) is 22.7 Å². The maximum absolute atomic E-state index is 12.9. The number of amides is 1. The zero-order valence-corrected chi connectivity index (χ0v) is 18.0. The van der Waals surface area contributed by atoms with E-state index in [9.17, 15) is 4.79 Å². The molecule has 152 valence electrons. The van der Waals surface area contributed by atoms with E-state index < -0.39 is 0 Å². The molecule has 3 rings (SSSR count). The lowest BCUT2D eigenvalue weighted by atomic mass is 10.2. The Labute approximate surface area is 175 Å². The van der Waals surface area contributed by atoms with Crippen LogP contribution in [0, 0.1) is 0 Å². The molecule has 2 aromatic carbocycles. The number of benzene rings is 2. The summed E-state index contributed by atoms with van der Waals surface area (Å²) in [6.45, 7) is 4.68. The largest absolute Gasteiger partial charge is 0.497 e. The Morgan fingerprint density at radius 3 is 2.41 bits per heavy atom. The van der Waals surface area contributed by atoms with E-state index in [1.807, 2.05) is 85.0 Å². The van der Waals surface area contributed by atoms with E-state index in [-0.39, 0.29) is 11.9 Å². The standard InChI is InChI=1S/C22H26N4O2S/c1-16(2)26(14-17-8-6-5-7-9-17)20(27)15-29-22-24-23-21(25(22)3)18-10-12-19(28-4)13-11-18/h5-13,16H,14-15H2,1-4H3. The van der Waals surface area contributed by atoms with Crippen molar-refractivity contribution in [2.45, 2.75) is 31.6 Å². The quantitative estimate of drug-likeness (QED) is 0.525. The van der Waals surface area contributed by atoms with Crippen LogP contribution < -0.4 is 4.74 Å². The molecule has 7 heteroatoms. The minimum Gasteiger partial charge on any atom is -0.497 e. The molecule has 0 saturated heterocycles. The number of methoxy groups -OCH3 is 1. The van der Waals surface area contributed by atoms with E-state index in [2.05, 4.69) is 10.2 Å². The first-order valence-electron chi connectivity index (χ1n) is 9.49. The van der Waals surface area contributed by atoms with Crippen molar-refractivity contribution in [3.63, 3.8) is 0 Å². The van der Waals surface area contributed by atoms with Crippen molar-refractivity contribution in [1.82, 2.24) is 19.7 Å². The van der Waals surface area contributed by atoms with Gasteiger partial charge in [0, 0.05) is 25.2 Å². The van der Waals surface area contributed by atoms with Crippen molar-refractivity contribution in [1.29, 1.82) is 0 Å². The summed E-state index contributed by atoms with van der Waals surface area (Å²) in [6.07, 6.45) is 0. The fraction of sp³-hybridized carbons (Fsp3) is 0.318. The summed E-state index contributed by atoms with van der Waals surface area (Å²) in [4.78, 5) is 14.7. The molecule has 0 fully saturated rings. The van der Waals surface area contributed by atoms with E-state index in [4.69, 9.17) is 4.74 Å². The number of carbonyl (C=O) groups is 1. The van der Waals surface area contributed by atoms with Gasteiger partial charge < -0.3 is 14.2 Å². The number of ether oxygens (including phenoxy) is 1. The maximum atomic E-state index is 12.9. The van der Waals surface area contributed by atoms with Crippen molar-refractivity contribution in [3.8, 4) is 17.1 Å². The molecule has 0 aliphatic carbocycles. The van der Waals surface area contributed by atoms with Crippen LogP contribution in [0.4, 0.5) is 0 Å². The van der Waals surface area contributed by atoms with Gasteiger partial charge in [0.2, 0.25) is 5.91 Å². The third-order valence-electron chi connectivity index (χ3n) is 4.65. The van der Waals surface area contributed by atoms with Gasteiger partial charge in [-0.25, -0.2) is 0 Å². The number of hydrogen-bond donors (Lipinski definition) is 0. The molecule has 0 bridgehead atoms. The van der Waals surface area contributed by atoms with Crippen molar-refractivity contribution in [3.05, 3.63) is 60.2 Å². The van der Waals surface area contributed by atoms with Gasteiger partial charge in [-0.05, 0) is 43.7 Å². The molecule has 0 radical (unpaired) electrons. The van der Waals surface area contributed by atoms with Crippen LogP contribution in [-0.2, 0) is 18.4 Å². The number of rotatable bonds is 8. The van der Waals surface area contributed by atoms with Crippen molar-refractivity contribution >= 4 is 17.7 Å². The Kier molecular flexibility index (Phi) is 6.93. The zero-order valence-electron chi connectivity index (χ0n) is 17.2. The van der Waals surface area contributed by atoms with E-state index >= 15 is 0 Å². The highest BCUT2D eigenvalue weighted by Crippen LogP contribution is 2.25. The van der Waals surface area contributed by atoms with Gasteiger partial charge in [-0.3, -0.25) is 4.79 Å². The number of nitrogens with zero attached hydrogens (tertiary/aromatic N) is 4. The molecule has 0 unspecified atom stereocenters. The number of carbonyl (C=O) groups excluding carboxylic acids is 1. The lowest BCUT2D eigenvalue weighted by Crippen LogP contribution is -2.37. The average molecular weight is 411 g/mol. The van der Waals surface area contributed by atoms with Crippen LogP contribution >= 0.6 is 11.8 Å². The first kappa shape index (κ1) is 20.9. The van der Waals surface area contributed by atoms with E-state index in [1.165, 1.54) is 11.8 Å². The highest BCUT2D eigenvalue weighted by Gasteiger charge is 2.19. The van der Waals surface area contributed by atoms with Gasteiger partial charge in [0.1, 0.15) is 5.75 Å². The lowest BCUT2D eigenvalue weighted by molar-refractivity contribution is -0.130. The summed E-state index contributed by atoms with van der Waals surface area (Å²) in [6, 6.07) is 17.9. The van der Waals surface area contributed by atoms with Gasteiger partial charge >= 0.3 is 0 Å². The molecule has 1 heterocycles. The van der Waals surface area contributed by atoms with Crippen molar-refractivity contribution in [2.24, 2.45) is 7.05 Å². The summed E-state index contributed by atoms with van der Waals surface area (Å²) in [5.41, 5.74) is 2.08. The molecule has 0 aliphatic rings. The zero-order chi connectivity index (χ0) is 20.8. The topological polar surface area (TPSA) is 60.3 Å². The minimum atomic E-state index is 0.0860. The van der Waals surface area contributed by atoms with Crippen LogP contribution in [0.25, 0.3) is 11.4 Å². The van der Waals surface area contributed by atoms with Crippen LogP contribution in [0.1, 0.15) is 19.4 Å². The molecular formula is C22H26N4O2S. The van der Waals surface area contributed by atoms with Crippen LogP contribution in [-0.4, -0.2) is 44.5 Å².